The highest BCUT2D eigenvalue weighted by Crippen LogP contribution is 2.36. The minimum absolute atomic E-state index is 0.343. The smallest absolute Gasteiger partial charge is 0.378 e. The lowest BCUT2D eigenvalue weighted by molar-refractivity contribution is 0.182. The van der Waals surface area contributed by atoms with Gasteiger partial charge < -0.3 is 9.47 Å². The van der Waals surface area contributed by atoms with E-state index in [9.17, 15) is 9.59 Å². The Bertz CT molecular complexity index is 161. The molecule has 0 unspecified atom stereocenters. The molecule has 0 aliphatic heterocycles. The monoisotopic (exact) mass is 228 g/mol. The van der Waals surface area contributed by atoms with E-state index in [0.717, 1.165) is 31.4 Å². The molecule has 0 saturated carbocycles. The highest BCUT2D eigenvalue weighted by atomic mass is 33.5. The number of carbonyl (C=O) groups is 2. The second-order valence-corrected chi connectivity index (χ2v) is 5.14. The normalized spacial score (nSPS) is 9.17. The molecule has 0 fully saturated rings. The standard InChI is InChI=1S/C5H8O4S3/c1-3-9-5(7)11-12-10-4(6)8-2/h3H2,1-2H3. The van der Waals surface area contributed by atoms with Crippen LogP contribution in [0, 0.1) is 0 Å². The molecule has 0 saturated heterocycles. The van der Waals surface area contributed by atoms with Crippen LogP contribution in [0.1, 0.15) is 6.92 Å². The van der Waals surface area contributed by atoms with Crippen LogP contribution in [0.4, 0.5) is 9.59 Å². The minimum atomic E-state index is -0.434. The number of hydrogen-bond donors (Lipinski definition) is 0. The van der Waals surface area contributed by atoms with E-state index in [1.54, 1.807) is 6.92 Å². The topological polar surface area (TPSA) is 52.6 Å². The van der Waals surface area contributed by atoms with Crippen molar-refractivity contribution in [3.05, 3.63) is 0 Å². The van der Waals surface area contributed by atoms with E-state index in [2.05, 4.69) is 9.47 Å². The number of methoxy groups -OCH3 is 1. The van der Waals surface area contributed by atoms with Crippen LogP contribution in [0.15, 0.2) is 0 Å². The van der Waals surface area contributed by atoms with Gasteiger partial charge in [0.15, 0.2) is 0 Å². The Hall–Kier alpha value is -0.0100. The molecule has 0 aliphatic rings. The summed E-state index contributed by atoms with van der Waals surface area (Å²) in [5.74, 6) is 0. The van der Waals surface area contributed by atoms with E-state index in [1.165, 1.54) is 7.11 Å². The van der Waals surface area contributed by atoms with E-state index in [0.29, 0.717) is 6.61 Å². The molecular weight excluding hydrogens is 220 g/mol. The van der Waals surface area contributed by atoms with Crippen LogP contribution in [0.5, 0.6) is 0 Å². The average Bonchev–Trinajstić information content (AvgIpc) is 2.04. The second-order valence-electron chi connectivity index (χ2n) is 1.37. The highest BCUT2D eigenvalue weighted by molar-refractivity contribution is 9.14. The summed E-state index contributed by atoms with van der Waals surface area (Å²) >= 11 is 0. The molecule has 0 heterocycles. The third kappa shape index (κ3) is 6.68. The first kappa shape index (κ1) is 12.0. The summed E-state index contributed by atoms with van der Waals surface area (Å²) in [6.45, 7) is 2.06. The van der Waals surface area contributed by atoms with Gasteiger partial charge in [-0.2, -0.15) is 0 Å². The maximum Gasteiger partial charge on any atom is 0.378 e. The SMILES string of the molecule is CCOC(=O)SSSC(=O)OC. The van der Waals surface area contributed by atoms with Gasteiger partial charge in [0.25, 0.3) is 0 Å². The van der Waals surface area contributed by atoms with Crippen molar-refractivity contribution >= 4 is 42.0 Å². The van der Waals surface area contributed by atoms with E-state index < -0.39 is 10.6 Å². The maximum atomic E-state index is 10.7. The van der Waals surface area contributed by atoms with Crippen molar-refractivity contribution < 1.29 is 19.1 Å². The summed E-state index contributed by atoms with van der Waals surface area (Å²) < 4.78 is 8.92. The molecule has 0 spiro atoms. The molecule has 0 aliphatic carbocycles. The zero-order valence-corrected chi connectivity index (χ0v) is 9.01. The summed E-state index contributed by atoms with van der Waals surface area (Å²) in [6.07, 6.45) is 0. The van der Waals surface area contributed by atoms with E-state index in [1.807, 2.05) is 0 Å². The molecule has 0 rings (SSSR count). The zero-order chi connectivity index (χ0) is 9.40. The van der Waals surface area contributed by atoms with Gasteiger partial charge >= 0.3 is 10.6 Å². The molecule has 0 aromatic rings. The van der Waals surface area contributed by atoms with Crippen molar-refractivity contribution in [1.82, 2.24) is 0 Å². The maximum absolute atomic E-state index is 10.7. The van der Waals surface area contributed by atoms with Crippen molar-refractivity contribution in [3.8, 4) is 0 Å². The quantitative estimate of drug-likeness (QED) is 0.543. The van der Waals surface area contributed by atoms with Gasteiger partial charge in [-0.05, 0) is 16.7 Å². The first-order valence-electron chi connectivity index (χ1n) is 2.96. The van der Waals surface area contributed by atoms with Gasteiger partial charge in [-0.25, -0.2) is 9.59 Å². The van der Waals surface area contributed by atoms with Gasteiger partial charge in [0.2, 0.25) is 0 Å². The Balaban J connectivity index is 3.30. The van der Waals surface area contributed by atoms with Gasteiger partial charge in [-0.15, -0.1) is 0 Å². The van der Waals surface area contributed by atoms with Crippen molar-refractivity contribution in [1.29, 1.82) is 0 Å². The molecule has 0 aromatic carbocycles. The number of carbonyl (C=O) groups excluding carboxylic acids is 2. The molecule has 0 atom stereocenters. The lowest BCUT2D eigenvalue weighted by atomic mass is 10.9. The van der Waals surface area contributed by atoms with Crippen LogP contribution >= 0.6 is 31.4 Å². The molecule has 7 heteroatoms. The molecule has 0 radical (unpaired) electrons. The third-order valence-corrected chi connectivity index (χ3v) is 3.78. The van der Waals surface area contributed by atoms with Crippen molar-refractivity contribution in [2.75, 3.05) is 13.7 Å². The summed E-state index contributed by atoms with van der Waals surface area (Å²) in [4.78, 5) is 21.2. The lowest BCUT2D eigenvalue weighted by Crippen LogP contribution is -1.93. The first-order valence-corrected chi connectivity index (χ1v) is 6.45. The summed E-state index contributed by atoms with van der Waals surface area (Å²) in [5.41, 5.74) is 0. The van der Waals surface area contributed by atoms with Crippen molar-refractivity contribution in [2.24, 2.45) is 0 Å². The first-order chi connectivity index (χ1) is 5.70. The van der Waals surface area contributed by atoms with Gasteiger partial charge in [-0.1, -0.05) is 0 Å². The Morgan fingerprint density at radius 3 is 2.33 bits per heavy atom. The van der Waals surface area contributed by atoms with Crippen molar-refractivity contribution in [2.45, 2.75) is 6.92 Å². The van der Waals surface area contributed by atoms with Gasteiger partial charge in [0.1, 0.15) is 0 Å². The fraction of sp³-hybridized carbons (Fsp3) is 0.600. The van der Waals surface area contributed by atoms with Crippen LogP contribution in [0.3, 0.4) is 0 Å². The van der Waals surface area contributed by atoms with E-state index >= 15 is 0 Å². The third-order valence-electron chi connectivity index (χ3n) is 0.633. The molecular formula is C5H8O4S3. The van der Waals surface area contributed by atoms with Crippen LogP contribution in [0.2, 0.25) is 0 Å². The fourth-order valence-electron chi connectivity index (χ4n) is 0.248. The summed E-state index contributed by atoms with van der Waals surface area (Å²) in [6, 6.07) is 0. The molecule has 0 amide bonds. The molecule has 12 heavy (non-hydrogen) atoms. The Labute approximate surface area is 81.9 Å². The summed E-state index contributed by atoms with van der Waals surface area (Å²) in [7, 11) is 4.01. The Kier molecular flexibility index (Phi) is 7.62. The largest absolute Gasteiger partial charge is 0.460 e. The predicted molar refractivity (Wildman–Crippen MR) is 52.2 cm³/mol. The predicted octanol–water partition coefficient (Wildman–Crippen LogP) is 2.94. The van der Waals surface area contributed by atoms with Gasteiger partial charge in [-0.3, -0.25) is 0 Å². The number of rotatable bonds is 3. The molecule has 0 aromatic heterocycles. The van der Waals surface area contributed by atoms with Crippen LogP contribution in [-0.2, 0) is 9.47 Å². The highest BCUT2D eigenvalue weighted by Gasteiger charge is 2.07. The molecule has 0 bridgehead atoms. The van der Waals surface area contributed by atoms with E-state index in [-0.39, 0.29) is 0 Å². The number of hydrogen-bond acceptors (Lipinski definition) is 7. The van der Waals surface area contributed by atoms with Crippen molar-refractivity contribution in [3.63, 3.8) is 0 Å². The van der Waals surface area contributed by atoms with Gasteiger partial charge in [0, 0.05) is 21.6 Å². The fourth-order valence-corrected chi connectivity index (χ4v) is 2.72. The average molecular weight is 228 g/mol. The lowest BCUT2D eigenvalue weighted by Gasteiger charge is -1.98. The van der Waals surface area contributed by atoms with Crippen LogP contribution in [0.25, 0.3) is 0 Å². The minimum Gasteiger partial charge on any atom is -0.460 e. The molecule has 70 valence electrons. The zero-order valence-electron chi connectivity index (χ0n) is 6.56. The Morgan fingerprint density at radius 1 is 1.25 bits per heavy atom. The second kappa shape index (κ2) is 7.63. The Morgan fingerprint density at radius 2 is 1.83 bits per heavy atom. The van der Waals surface area contributed by atoms with E-state index in [4.69, 9.17) is 0 Å². The molecule has 4 nitrogen and oxygen atoms in total. The van der Waals surface area contributed by atoms with Crippen LogP contribution < -0.4 is 0 Å². The summed E-state index contributed by atoms with van der Waals surface area (Å²) in [5, 5.41) is -0.837. The molecule has 0 N–H and O–H groups in total. The number of ether oxygens (including phenoxy) is 2. The van der Waals surface area contributed by atoms with Gasteiger partial charge in [0.05, 0.1) is 13.7 Å². The van der Waals surface area contributed by atoms with Crippen LogP contribution in [-0.4, -0.2) is 24.3 Å².